The second-order valence-electron chi connectivity index (χ2n) is 6.91. The molecule has 0 bridgehead atoms. The molecule has 2 aromatic rings. The Labute approximate surface area is 139 Å². The average molecular weight is 312 g/mol. The molecule has 0 radical (unpaired) electrons. The van der Waals surface area contributed by atoms with Crippen LogP contribution in [0, 0.1) is 11.8 Å². The lowest BCUT2D eigenvalue weighted by Crippen LogP contribution is -2.17. The summed E-state index contributed by atoms with van der Waals surface area (Å²) < 4.78 is 11.3. The van der Waals surface area contributed by atoms with Gasteiger partial charge in [-0.15, -0.1) is 0 Å². The van der Waals surface area contributed by atoms with Crippen molar-refractivity contribution in [2.75, 3.05) is 6.61 Å². The van der Waals surface area contributed by atoms with Crippen molar-refractivity contribution in [1.82, 2.24) is 0 Å². The zero-order valence-corrected chi connectivity index (χ0v) is 14.2. The minimum Gasteiger partial charge on any atom is -0.494 e. The first-order chi connectivity index (χ1) is 11.3. The average Bonchev–Trinajstić information content (AvgIpc) is 3.10. The van der Waals surface area contributed by atoms with Crippen molar-refractivity contribution in [1.29, 1.82) is 0 Å². The van der Waals surface area contributed by atoms with Crippen molar-refractivity contribution in [2.45, 2.75) is 51.9 Å². The number of furan rings is 1. The van der Waals surface area contributed by atoms with Crippen LogP contribution in [-0.2, 0) is 6.42 Å². The Balaban J connectivity index is 1.41. The molecule has 23 heavy (non-hydrogen) atoms. The molecule has 1 aliphatic rings. The third-order valence-corrected chi connectivity index (χ3v) is 5.18. The molecule has 1 atom stereocenters. The molecule has 1 heterocycles. The fraction of sp³-hybridized carbons (Fsp3) is 0.524. The Morgan fingerprint density at radius 1 is 1.09 bits per heavy atom. The van der Waals surface area contributed by atoms with E-state index in [4.69, 9.17) is 9.15 Å². The quantitative estimate of drug-likeness (QED) is 0.639. The van der Waals surface area contributed by atoms with Gasteiger partial charge >= 0.3 is 0 Å². The van der Waals surface area contributed by atoms with Crippen LogP contribution >= 0.6 is 0 Å². The van der Waals surface area contributed by atoms with E-state index in [1.807, 2.05) is 12.1 Å². The minimum atomic E-state index is 0.786. The maximum absolute atomic E-state index is 5.93. The van der Waals surface area contributed by atoms with Crippen LogP contribution in [0.4, 0.5) is 0 Å². The molecular formula is C21H28O2. The second-order valence-corrected chi connectivity index (χ2v) is 6.91. The van der Waals surface area contributed by atoms with Crippen LogP contribution in [0.25, 0.3) is 0 Å². The van der Waals surface area contributed by atoms with Crippen molar-refractivity contribution >= 4 is 0 Å². The summed E-state index contributed by atoms with van der Waals surface area (Å²) in [5.74, 6) is 3.68. The summed E-state index contributed by atoms with van der Waals surface area (Å²) in [5, 5.41) is 0. The molecule has 1 saturated carbocycles. The fourth-order valence-corrected chi connectivity index (χ4v) is 3.62. The standard InChI is InChI=1S/C21H28O2/c1-17(19-6-3-2-4-7-19)13-15-23-20-11-9-18(10-12-20)16-21-8-5-14-22-21/h5,8-12,14,17,19H,2-4,6-7,13,15-16H2,1H3. The summed E-state index contributed by atoms with van der Waals surface area (Å²) in [6.45, 7) is 3.22. The van der Waals surface area contributed by atoms with Gasteiger partial charge in [-0.1, -0.05) is 51.2 Å². The van der Waals surface area contributed by atoms with E-state index in [1.54, 1.807) is 6.26 Å². The van der Waals surface area contributed by atoms with Crippen LogP contribution in [0.1, 0.15) is 56.8 Å². The van der Waals surface area contributed by atoms with E-state index in [0.717, 1.165) is 36.4 Å². The lowest BCUT2D eigenvalue weighted by molar-refractivity contribution is 0.209. The van der Waals surface area contributed by atoms with E-state index in [2.05, 4.69) is 31.2 Å². The van der Waals surface area contributed by atoms with Crippen molar-refractivity contribution < 1.29 is 9.15 Å². The summed E-state index contributed by atoms with van der Waals surface area (Å²) in [4.78, 5) is 0. The predicted octanol–water partition coefficient (Wildman–Crippen LogP) is 5.86. The topological polar surface area (TPSA) is 22.4 Å². The Morgan fingerprint density at radius 3 is 2.57 bits per heavy atom. The third kappa shape index (κ3) is 4.89. The molecule has 0 N–H and O–H groups in total. The van der Waals surface area contributed by atoms with E-state index in [-0.39, 0.29) is 0 Å². The van der Waals surface area contributed by atoms with Gasteiger partial charge in [-0.2, -0.15) is 0 Å². The Hall–Kier alpha value is -1.70. The van der Waals surface area contributed by atoms with Crippen LogP contribution in [0.3, 0.4) is 0 Å². The van der Waals surface area contributed by atoms with Crippen molar-refractivity contribution in [3.63, 3.8) is 0 Å². The van der Waals surface area contributed by atoms with Gasteiger partial charge in [0.2, 0.25) is 0 Å². The Morgan fingerprint density at radius 2 is 1.87 bits per heavy atom. The molecular weight excluding hydrogens is 284 g/mol. The molecule has 0 amide bonds. The van der Waals surface area contributed by atoms with Crippen molar-refractivity contribution in [3.8, 4) is 5.75 Å². The molecule has 0 aliphatic heterocycles. The molecule has 3 rings (SSSR count). The number of benzene rings is 1. The van der Waals surface area contributed by atoms with E-state index in [9.17, 15) is 0 Å². The number of hydrogen-bond donors (Lipinski definition) is 0. The monoisotopic (exact) mass is 312 g/mol. The van der Waals surface area contributed by atoms with Crippen molar-refractivity contribution in [2.24, 2.45) is 11.8 Å². The SMILES string of the molecule is CC(CCOc1ccc(Cc2ccco2)cc1)C1CCCCC1. The van der Waals surface area contributed by atoms with Gasteiger partial charge in [-0.25, -0.2) is 0 Å². The fourth-order valence-electron chi connectivity index (χ4n) is 3.62. The lowest BCUT2D eigenvalue weighted by Gasteiger charge is -2.27. The van der Waals surface area contributed by atoms with Gasteiger partial charge in [0.25, 0.3) is 0 Å². The number of hydrogen-bond acceptors (Lipinski definition) is 2. The van der Waals surface area contributed by atoms with Crippen molar-refractivity contribution in [3.05, 3.63) is 54.0 Å². The van der Waals surface area contributed by atoms with Crippen LogP contribution in [0.5, 0.6) is 5.75 Å². The van der Waals surface area contributed by atoms with Gasteiger partial charge in [0.1, 0.15) is 11.5 Å². The van der Waals surface area contributed by atoms with Gasteiger partial charge in [-0.3, -0.25) is 0 Å². The first kappa shape index (κ1) is 16.2. The Bertz CT molecular complexity index is 550. The first-order valence-electron chi connectivity index (χ1n) is 9.05. The van der Waals surface area contributed by atoms with Crippen LogP contribution in [0.2, 0.25) is 0 Å². The predicted molar refractivity (Wildman–Crippen MR) is 93.8 cm³/mol. The van der Waals surface area contributed by atoms with Crippen LogP contribution < -0.4 is 4.74 Å². The molecule has 2 nitrogen and oxygen atoms in total. The van der Waals surface area contributed by atoms with E-state index < -0.39 is 0 Å². The third-order valence-electron chi connectivity index (χ3n) is 5.18. The van der Waals surface area contributed by atoms with E-state index >= 15 is 0 Å². The number of rotatable bonds is 7. The molecule has 1 aromatic heterocycles. The molecule has 2 heteroatoms. The maximum atomic E-state index is 5.93. The normalized spacial score (nSPS) is 17.1. The summed E-state index contributed by atoms with van der Waals surface area (Å²) >= 11 is 0. The van der Waals surface area contributed by atoms with Crippen LogP contribution in [0.15, 0.2) is 47.1 Å². The zero-order chi connectivity index (χ0) is 15.9. The molecule has 1 fully saturated rings. The lowest BCUT2D eigenvalue weighted by atomic mass is 9.80. The molecule has 0 spiro atoms. The van der Waals surface area contributed by atoms with Crippen LogP contribution in [-0.4, -0.2) is 6.61 Å². The van der Waals surface area contributed by atoms with Gasteiger partial charge in [0.05, 0.1) is 12.9 Å². The van der Waals surface area contributed by atoms with E-state index in [1.165, 1.54) is 44.1 Å². The van der Waals surface area contributed by atoms with Gasteiger partial charge in [0, 0.05) is 6.42 Å². The molecule has 124 valence electrons. The first-order valence-corrected chi connectivity index (χ1v) is 9.05. The molecule has 0 saturated heterocycles. The maximum Gasteiger partial charge on any atom is 0.119 e. The van der Waals surface area contributed by atoms with E-state index in [0.29, 0.717) is 0 Å². The summed E-state index contributed by atoms with van der Waals surface area (Å²) in [6, 6.07) is 12.3. The second kappa shape index (κ2) is 8.24. The van der Waals surface area contributed by atoms with Gasteiger partial charge < -0.3 is 9.15 Å². The highest BCUT2D eigenvalue weighted by molar-refractivity contribution is 5.29. The highest BCUT2D eigenvalue weighted by Gasteiger charge is 2.19. The largest absolute Gasteiger partial charge is 0.494 e. The zero-order valence-electron chi connectivity index (χ0n) is 14.2. The molecule has 1 unspecified atom stereocenters. The minimum absolute atomic E-state index is 0.786. The summed E-state index contributed by atoms with van der Waals surface area (Å²) in [5.41, 5.74) is 1.25. The highest BCUT2D eigenvalue weighted by atomic mass is 16.5. The summed E-state index contributed by atoms with van der Waals surface area (Å²) in [7, 11) is 0. The number of ether oxygens (including phenoxy) is 1. The van der Waals surface area contributed by atoms with Gasteiger partial charge in [0.15, 0.2) is 0 Å². The smallest absolute Gasteiger partial charge is 0.119 e. The van der Waals surface area contributed by atoms with Gasteiger partial charge in [-0.05, 0) is 48.1 Å². The highest BCUT2D eigenvalue weighted by Crippen LogP contribution is 2.31. The molecule has 1 aliphatic carbocycles. The summed E-state index contributed by atoms with van der Waals surface area (Å²) in [6.07, 6.45) is 10.8. The Kier molecular flexibility index (Phi) is 5.79. The molecule has 1 aromatic carbocycles.